The molecule has 5 atom stereocenters. The van der Waals surface area contributed by atoms with E-state index < -0.39 is 17.9 Å². The van der Waals surface area contributed by atoms with Gasteiger partial charge in [0.15, 0.2) is 0 Å². The molecule has 4 rings (SSSR count). The Morgan fingerprint density at radius 2 is 1.88 bits per heavy atom. The maximum absolute atomic E-state index is 12.8. The summed E-state index contributed by atoms with van der Waals surface area (Å²) in [7, 11) is 2.85. The number of carbonyl (C=O) groups is 1. The van der Waals surface area contributed by atoms with Crippen molar-refractivity contribution >= 4 is 5.97 Å². The molecule has 6 nitrogen and oxygen atoms in total. The molecule has 1 saturated heterocycles. The molecule has 2 aliphatic rings. The van der Waals surface area contributed by atoms with E-state index in [2.05, 4.69) is 10.1 Å². The fourth-order valence-corrected chi connectivity index (χ4v) is 5.62. The molecule has 2 aromatic carbocycles. The van der Waals surface area contributed by atoms with Gasteiger partial charge in [0, 0.05) is 6.04 Å². The highest BCUT2D eigenvalue weighted by Gasteiger charge is 2.53. The van der Waals surface area contributed by atoms with Crippen LogP contribution in [0.15, 0.2) is 48.5 Å². The lowest BCUT2D eigenvalue weighted by Crippen LogP contribution is -2.69. The van der Waals surface area contributed by atoms with Crippen LogP contribution in [0.3, 0.4) is 0 Å². The lowest BCUT2D eigenvalue weighted by molar-refractivity contribution is -0.274. The van der Waals surface area contributed by atoms with Gasteiger partial charge in [0.2, 0.25) is 0 Å². The Bertz CT molecular complexity index is 1020. The van der Waals surface area contributed by atoms with Gasteiger partial charge in [-0.1, -0.05) is 30.3 Å². The van der Waals surface area contributed by atoms with Crippen LogP contribution in [0.2, 0.25) is 0 Å². The van der Waals surface area contributed by atoms with Gasteiger partial charge in [0.05, 0.1) is 25.8 Å². The molecule has 2 bridgehead atoms. The molecular formula is C25H29F3N2O4. The summed E-state index contributed by atoms with van der Waals surface area (Å²) in [6.07, 6.45) is -2.44. The summed E-state index contributed by atoms with van der Waals surface area (Å²) >= 11 is 0. The minimum atomic E-state index is -4.78. The van der Waals surface area contributed by atoms with Crippen LogP contribution in [-0.4, -0.2) is 32.2 Å². The SMILES string of the molecule is COC(=O)C1CCC2CC1(N)NC(c1ccccc1)C2Cc1cc(OC(F)(F)F)ccc1OC. The van der Waals surface area contributed by atoms with Crippen LogP contribution in [0.1, 0.15) is 36.4 Å². The van der Waals surface area contributed by atoms with Crippen molar-refractivity contribution in [3.05, 3.63) is 59.7 Å². The zero-order chi connectivity index (χ0) is 24.5. The van der Waals surface area contributed by atoms with Crippen molar-refractivity contribution in [3.63, 3.8) is 0 Å². The predicted octanol–water partition coefficient (Wildman–Crippen LogP) is 4.34. The number of halogens is 3. The van der Waals surface area contributed by atoms with Gasteiger partial charge in [0.1, 0.15) is 11.5 Å². The number of esters is 1. The molecule has 0 spiro atoms. The highest BCUT2D eigenvalue weighted by molar-refractivity contribution is 5.74. The number of rotatable bonds is 6. The molecule has 0 amide bonds. The smallest absolute Gasteiger partial charge is 0.496 e. The Morgan fingerprint density at radius 1 is 1.15 bits per heavy atom. The van der Waals surface area contributed by atoms with Crippen LogP contribution in [0, 0.1) is 17.8 Å². The maximum atomic E-state index is 12.8. The van der Waals surface area contributed by atoms with Gasteiger partial charge in [-0.05, 0) is 66.8 Å². The molecule has 5 unspecified atom stereocenters. The molecule has 2 aromatic rings. The van der Waals surface area contributed by atoms with Crippen molar-refractivity contribution < 1.29 is 32.2 Å². The second kappa shape index (κ2) is 9.46. The van der Waals surface area contributed by atoms with Crippen LogP contribution >= 0.6 is 0 Å². The Hall–Kier alpha value is -2.78. The minimum Gasteiger partial charge on any atom is -0.496 e. The Labute approximate surface area is 196 Å². The second-order valence-corrected chi connectivity index (χ2v) is 9.08. The molecule has 34 heavy (non-hydrogen) atoms. The number of carbonyl (C=O) groups excluding carboxylic acids is 1. The molecule has 9 heteroatoms. The lowest BCUT2D eigenvalue weighted by atomic mass is 9.62. The average molecular weight is 479 g/mol. The van der Waals surface area contributed by atoms with Crippen LogP contribution in [0.4, 0.5) is 13.2 Å². The summed E-state index contributed by atoms with van der Waals surface area (Å²) < 4.78 is 53.1. The summed E-state index contributed by atoms with van der Waals surface area (Å²) in [4.78, 5) is 12.5. The molecule has 1 aliphatic carbocycles. The van der Waals surface area contributed by atoms with Crippen LogP contribution in [0.25, 0.3) is 0 Å². The number of hydrogen-bond donors (Lipinski definition) is 2. The van der Waals surface area contributed by atoms with E-state index in [-0.39, 0.29) is 29.6 Å². The Balaban J connectivity index is 1.70. The molecule has 2 fully saturated rings. The number of ether oxygens (including phenoxy) is 3. The summed E-state index contributed by atoms with van der Waals surface area (Å²) in [6, 6.07) is 13.7. The first-order valence-electron chi connectivity index (χ1n) is 11.3. The number of fused-ring (bicyclic) bond motifs is 2. The van der Waals surface area contributed by atoms with Gasteiger partial charge >= 0.3 is 12.3 Å². The first-order valence-corrected chi connectivity index (χ1v) is 11.3. The first kappa shape index (κ1) is 24.3. The number of piperidine rings is 1. The maximum Gasteiger partial charge on any atom is 0.573 e. The minimum absolute atomic E-state index is 0.00714. The van der Waals surface area contributed by atoms with Gasteiger partial charge in [-0.25, -0.2) is 0 Å². The molecule has 184 valence electrons. The monoisotopic (exact) mass is 478 g/mol. The highest BCUT2D eigenvalue weighted by Crippen LogP contribution is 2.49. The van der Waals surface area contributed by atoms with E-state index in [0.29, 0.717) is 30.6 Å². The zero-order valence-electron chi connectivity index (χ0n) is 19.1. The number of nitrogens with two attached hydrogens (primary N) is 1. The summed E-state index contributed by atoms with van der Waals surface area (Å²) in [5, 5.41) is 3.53. The van der Waals surface area contributed by atoms with Gasteiger partial charge in [-0.15, -0.1) is 13.2 Å². The summed E-state index contributed by atoms with van der Waals surface area (Å²) in [5.41, 5.74) is 7.46. The predicted molar refractivity (Wildman–Crippen MR) is 119 cm³/mol. The van der Waals surface area contributed by atoms with Crippen molar-refractivity contribution in [2.75, 3.05) is 14.2 Å². The van der Waals surface area contributed by atoms with E-state index in [1.807, 2.05) is 30.3 Å². The molecule has 1 heterocycles. The molecule has 1 saturated carbocycles. The first-order chi connectivity index (χ1) is 16.1. The van der Waals surface area contributed by atoms with E-state index in [4.69, 9.17) is 15.2 Å². The van der Waals surface area contributed by atoms with E-state index in [9.17, 15) is 18.0 Å². The van der Waals surface area contributed by atoms with E-state index in [1.165, 1.54) is 32.4 Å². The third-order valence-electron chi connectivity index (χ3n) is 7.09. The van der Waals surface area contributed by atoms with Crippen molar-refractivity contribution in [2.24, 2.45) is 23.5 Å². The van der Waals surface area contributed by atoms with Gasteiger partial charge in [0.25, 0.3) is 0 Å². The van der Waals surface area contributed by atoms with Crippen molar-refractivity contribution in [1.29, 1.82) is 0 Å². The quantitative estimate of drug-likeness (QED) is 0.601. The average Bonchev–Trinajstić information content (AvgIpc) is 2.80. The highest BCUT2D eigenvalue weighted by atomic mass is 19.4. The molecular weight excluding hydrogens is 449 g/mol. The third-order valence-corrected chi connectivity index (χ3v) is 7.09. The van der Waals surface area contributed by atoms with Crippen LogP contribution < -0.4 is 20.5 Å². The second-order valence-electron chi connectivity index (χ2n) is 9.08. The number of nitrogens with one attached hydrogen (secondary N) is 1. The van der Waals surface area contributed by atoms with Crippen molar-refractivity contribution in [3.8, 4) is 11.5 Å². The topological polar surface area (TPSA) is 82.8 Å². The molecule has 1 aliphatic heterocycles. The number of alkyl halides is 3. The number of benzene rings is 2. The lowest BCUT2D eigenvalue weighted by Gasteiger charge is -2.54. The fourth-order valence-electron chi connectivity index (χ4n) is 5.62. The Morgan fingerprint density at radius 3 is 2.53 bits per heavy atom. The molecule has 3 N–H and O–H groups in total. The van der Waals surface area contributed by atoms with E-state index >= 15 is 0 Å². The van der Waals surface area contributed by atoms with Gasteiger partial charge in [-0.2, -0.15) is 0 Å². The molecule has 0 aromatic heterocycles. The number of hydrogen-bond acceptors (Lipinski definition) is 6. The summed E-state index contributed by atoms with van der Waals surface area (Å²) in [6.45, 7) is 0. The van der Waals surface area contributed by atoms with Crippen molar-refractivity contribution in [1.82, 2.24) is 5.32 Å². The fraction of sp³-hybridized carbons (Fsp3) is 0.480. The zero-order valence-corrected chi connectivity index (χ0v) is 19.1. The largest absolute Gasteiger partial charge is 0.573 e. The van der Waals surface area contributed by atoms with E-state index in [0.717, 1.165) is 12.0 Å². The standard InChI is InChI=1S/C25H29F3N2O4/c1-32-21-11-9-18(34-25(26,27)28)12-17(21)13-19-16-8-10-20(23(31)33-2)24(29,14-16)30-22(19)15-6-4-3-5-7-15/h3-7,9,11-12,16,19-20,22,30H,8,10,13-14,29H2,1-2H3. The van der Waals surface area contributed by atoms with Gasteiger partial charge < -0.3 is 19.9 Å². The van der Waals surface area contributed by atoms with Crippen LogP contribution in [0.5, 0.6) is 11.5 Å². The number of methoxy groups -OCH3 is 2. The van der Waals surface area contributed by atoms with E-state index in [1.54, 1.807) is 0 Å². The summed E-state index contributed by atoms with van der Waals surface area (Å²) in [5.74, 6) is -0.446. The third kappa shape index (κ3) is 5.00. The van der Waals surface area contributed by atoms with Gasteiger partial charge in [-0.3, -0.25) is 10.1 Å². The Kier molecular flexibility index (Phi) is 6.78. The normalized spacial score (nSPS) is 28.8. The molecule has 0 radical (unpaired) electrons. The van der Waals surface area contributed by atoms with Crippen LogP contribution in [-0.2, 0) is 16.0 Å². The van der Waals surface area contributed by atoms with Crippen molar-refractivity contribution in [2.45, 2.75) is 43.8 Å².